The van der Waals surface area contributed by atoms with Crippen molar-refractivity contribution in [2.75, 3.05) is 0 Å². The highest BCUT2D eigenvalue weighted by Crippen LogP contribution is 2.78. The molecular weight excluding hydrogens is 392 g/mol. The molecule has 4 unspecified atom stereocenters. The van der Waals surface area contributed by atoms with Gasteiger partial charge in [-0.15, -0.1) is 0 Å². The number of hydrogen-bond acceptors (Lipinski definition) is 7. The third-order valence-electron chi connectivity index (χ3n) is 7.52. The van der Waals surface area contributed by atoms with E-state index in [1.54, 1.807) is 18.6 Å². The van der Waals surface area contributed by atoms with E-state index < -0.39 is 0 Å². The molecule has 3 aliphatic rings. The minimum Gasteiger partial charge on any atom is -0.345 e. The van der Waals surface area contributed by atoms with Crippen molar-refractivity contribution in [3.8, 4) is 11.4 Å². The molecule has 4 atom stereocenters. The predicted octanol–water partition coefficient (Wildman–Crippen LogP) is 3.25. The average Bonchev–Trinajstić information content (AvgIpc) is 3.08. The minimum atomic E-state index is -0.230. The highest BCUT2D eigenvalue weighted by atomic mass is 16.5. The highest BCUT2D eigenvalue weighted by Gasteiger charge is 2.79. The molecule has 31 heavy (non-hydrogen) atoms. The zero-order valence-electron chi connectivity index (χ0n) is 17.6. The van der Waals surface area contributed by atoms with Gasteiger partial charge in [0.05, 0.1) is 11.6 Å². The summed E-state index contributed by atoms with van der Waals surface area (Å²) in [6.45, 7) is 4.24. The third-order valence-corrected chi connectivity index (χ3v) is 7.52. The van der Waals surface area contributed by atoms with Crippen LogP contribution in [0.1, 0.15) is 61.1 Å². The predicted molar refractivity (Wildman–Crippen MR) is 111 cm³/mol. The van der Waals surface area contributed by atoms with Crippen LogP contribution in [0.25, 0.3) is 11.4 Å². The van der Waals surface area contributed by atoms with Gasteiger partial charge in [-0.05, 0) is 62.5 Å². The van der Waals surface area contributed by atoms with Crippen LogP contribution in [0.4, 0.5) is 0 Å². The second-order valence-electron chi connectivity index (χ2n) is 9.84. The molecule has 8 nitrogen and oxygen atoms in total. The number of nitrogens with zero attached hydrogens (tertiary/aromatic N) is 5. The Morgan fingerprint density at radius 3 is 2.81 bits per heavy atom. The molecule has 158 valence electrons. The topological polar surface area (TPSA) is 107 Å². The molecule has 1 spiro atoms. The number of amides is 1. The zero-order chi connectivity index (χ0) is 21.3. The molecule has 1 amide bonds. The molecule has 0 saturated heterocycles. The first-order valence-electron chi connectivity index (χ1n) is 10.8. The van der Waals surface area contributed by atoms with E-state index in [1.165, 1.54) is 6.20 Å². The molecule has 2 bridgehead atoms. The second kappa shape index (κ2) is 6.18. The fraction of sp³-hybridized carbons (Fsp3) is 0.478. The number of carbonyl (C=O) groups is 1. The monoisotopic (exact) mass is 416 g/mol. The van der Waals surface area contributed by atoms with E-state index in [-0.39, 0.29) is 22.3 Å². The number of aryl methyl sites for hydroxylation is 1. The summed E-state index contributed by atoms with van der Waals surface area (Å²) in [5.74, 6) is 1.64. The summed E-state index contributed by atoms with van der Waals surface area (Å²) in [4.78, 5) is 30.2. The van der Waals surface area contributed by atoms with Gasteiger partial charge in [0.15, 0.2) is 0 Å². The Balaban J connectivity index is 1.31. The Hall–Kier alpha value is -3.16. The van der Waals surface area contributed by atoms with Gasteiger partial charge in [-0.25, -0.2) is 4.98 Å². The van der Waals surface area contributed by atoms with Crippen molar-refractivity contribution in [1.82, 2.24) is 30.4 Å². The second-order valence-corrected chi connectivity index (χ2v) is 9.84. The van der Waals surface area contributed by atoms with Crippen molar-refractivity contribution >= 4 is 5.91 Å². The highest BCUT2D eigenvalue weighted by molar-refractivity contribution is 5.93. The van der Waals surface area contributed by atoms with Gasteiger partial charge >= 0.3 is 0 Å². The first kappa shape index (κ1) is 18.6. The Labute approximate surface area is 179 Å². The van der Waals surface area contributed by atoms with Gasteiger partial charge in [0.25, 0.3) is 5.91 Å². The maximum absolute atomic E-state index is 12.9. The van der Waals surface area contributed by atoms with E-state index in [0.29, 0.717) is 23.3 Å². The molecule has 0 aliphatic heterocycles. The van der Waals surface area contributed by atoms with Crippen molar-refractivity contribution in [2.45, 2.75) is 56.9 Å². The van der Waals surface area contributed by atoms with Crippen molar-refractivity contribution in [3.05, 3.63) is 54.2 Å². The molecule has 3 aromatic rings. The largest absolute Gasteiger partial charge is 0.345 e. The van der Waals surface area contributed by atoms with Crippen LogP contribution in [0.2, 0.25) is 0 Å². The third kappa shape index (κ3) is 2.73. The summed E-state index contributed by atoms with van der Waals surface area (Å²) in [5.41, 5.74) is 1.83. The lowest BCUT2D eigenvalue weighted by Gasteiger charge is -2.36. The van der Waals surface area contributed by atoms with Crippen molar-refractivity contribution in [2.24, 2.45) is 11.3 Å². The van der Waals surface area contributed by atoms with Crippen molar-refractivity contribution in [3.63, 3.8) is 0 Å². The molecule has 6 rings (SSSR count). The molecule has 0 radical (unpaired) electrons. The number of aromatic nitrogens is 5. The Bertz CT molecular complexity index is 1160. The quantitative estimate of drug-likeness (QED) is 0.696. The standard InChI is InChI=1S/C23H24N6O2/c1-14-7-21(20-27-18(29-31-20)16-4-3-15(2)26-9-16)11-22(8-14)13-23(22,12-21)28-19(30)17-10-24-5-6-25-17/h3-6,9-10,14H,7-8,11-13H2,1-2H3,(H,28,30). The average molecular weight is 416 g/mol. The van der Waals surface area contributed by atoms with Crippen molar-refractivity contribution < 1.29 is 9.32 Å². The fourth-order valence-electron chi connectivity index (χ4n) is 6.51. The Morgan fingerprint density at radius 1 is 1.13 bits per heavy atom. The van der Waals surface area contributed by atoms with E-state index in [4.69, 9.17) is 9.51 Å². The van der Waals surface area contributed by atoms with Gasteiger partial charge in [-0.2, -0.15) is 4.98 Å². The van der Waals surface area contributed by atoms with Crippen LogP contribution in [0.15, 0.2) is 41.4 Å². The molecule has 3 aromatic heterocycles. The summed E-state index contributed by atoms with van der Waals surface area (Å²) < 4.78 is 5.83. The van der Waals surface area contributed by atoms with E-state index in [9.17, 15) is 4.79 Å². The van der Waals surface area contributed by atoms with E-state index >= 15 is 0 Å². The van der Waals surface area contributed by atoms with Crippen LogP contribution < -0.4 is 5.32 Å². The number of hydrogen-bond donors (Lipinski definition) is 1. The molecular formula is C23H24N6O2. The zero-order valence-corrected chi connectivity index (χ0v) is 17.6. The molecule has 3 saturated carbocycles. The van der Waals surface area contributed by atoms with Crippen LogP contribution >= 0.6 is 0 Å². The molecule has 3 aliphatic carbocycles. The summed E-state index contributed by atoms with van der Waals surface area (Å²) >= 11 is 0. The molecule has 0 aromatic carbocycles. The summed E-state index contributed by atoms with van der Waals surface area (Å²) in [7, 11) is 0. The SMILES string of the molecule is Cc1ccc(-c2noc(C34CC(C)CC5(C3)CC5(NC(=O)c3cnccn3)C4)n2)cn1. The Morgan fingerprint density at radius 2 is 2.03 bits per heavy atom. The summed E-state index contributed by atoms with van der Waals surface area (Å²) in [6.07, 6.45) is 11.3. The van der Waals surface area contributed by atoms with E-state index in [2.05, 4.69) is 32.3 Å². The number of rotatable bonds is 4. The fourth-order valence-corrected chi connectivity index (χ4v) is 6.51. The van der Waals surface area contributed by atoms with E-state index in [1.807, 2.05) is 19.1 Å². The van der Waals surface area contributed by atoms with Crippen LogP contribution in [-0.2, 0) is 5.41 Å². The number of fused-ring (bicyclic) bond motifs is 1. The lowest BCUT2D eigenvalue weighted by molar-refractivity contribution is 0.0916. The minimum absolute atomic E-state index is 0.0998. The first-order valence-corrected chi connectivity index (χ1v) is 10.8. The van der Waals surface area contributed by atoms with Gasteiger partial charge in [0.1, 0.15) is 5.69 Å². The van der Waals surface area contributed by atoms with Crippen LogP contribution in [-0.4, -0.2) is 36.5 Å². The smallest absolute Gasteiger partial charge is 0.271 e. The maximum atomic E-state index is 12.9. The number of pyridine rings is 1. The van der Waals surface area contributed by atoms with Crippen LogP contribution in [0.5, 0.6) is 0 Å². The molecule has 3 fully saturated rings. The normalized spacial score (nSPS) is 33.0. The van der Waals surface area contributed by atoms with Gasteiger partial charge in [-0.1, -0.05) is 12.1 Å². The van der Waals surface area contributed by atoms with Crippen molar-refractivity contribution in [1.29, 1.82) is 0 Å². The number of nitrogens with one attached hydrogen (secondary N) is 1. The summed E-state index contributed by atoms with van der Waals surface area (Å²) in [5, 5.41) is 7.59. The lowest BCUT2D eigenvalue weighted by atomic mass is 9.67. The first-order chi connectivity index (χ1) is 14.9. The van der Waals surface area contributed by atoms with Gasteiger partial charge in [-0.3, -0.25) is 14.8 Å². The van der Waals surface area contributed by atoms with Gasteiger partial charge < -0.3 is 9.84 Å². The summed E-state index contributed by atoms with van der Waals surface area (Å²) in [6, 6.07) is 3.91. The maximum Gasteiger partial charge on any atom is 0.271 e. The van der Waals surface area contributed by atoms with Gasteiger partial charge in [0, 0.05) is 35.4 Å². The molecule has 8 heteroatoms. The van der Waals surface area contributed by atoms with E-state index in [0.717, 1.165) is 43.4 Å². The number of carbonyl (C=O) groups excluding carboxylic acids is 1. The molecule has 1 N–H and O–H groups in total. The lowest BCUT2D eigenvalue weighted by Crippen LogP contribution is -2.40. The van der Waals surface area contributed by atoms with Crippen LogP contribution in [0.3, 0.4) is 0 Å². The Kier molecular flexibility index (Phi) is 3.71. The van der Waals surface area contributed by atoms with Crippen LogP contribution in [0, 0.1) is 18.3 Å². The van der Waals surface area contributed by atoms with Gasteiger partial charge in [0.2, 0.25) is 11.7 Å². The molecule has 3 heterocycles.